The van der Waals surface area contributed by atoms with Gasteiger partial charge in [0.2, 0.25) is 10.0 Å². The maximum atomic E-state index is 12.8. The highest BCUT2D eigenvalue weighted by Gasteiger charge is 2.29. The van der Waals surface area contributed by atoms with Gasteiger partial charge in [-0.3, -0.25) is 4.79 Å². The summed E-state index contributed by atoms with van der Waals surface area (Å²) in [5, 5.41) is 0. The SMILES string of the molecule is CCOc1ccc2c(c1)sc(=NC(=O)C1CCN(S(C)(=O)=O)CC1)n2CCSC. The highest BCUT2D eigenvalue weighted by Crippen LogP contribution is 2.24. The fourth-order valence-corrected chi connectivity index (χ4v) is 5.74. The summed E-state index contributed by atoms with van der Waals surface area (Å²) in [7, 11) is -3.20. The Kier molecular flexibility index (Phi) is 7.42. The fraction of sp³-hybridized carbons (Fsp3) is 0.579. The number of benzene rings is 1. The lowest BCUT2D eigenvalue weighted by atomic mass is 9.98. The van der Waals surface area contributed by atoms with Crippen LogP contribution in [0.3, 0.4) is 0 Å². The van der Waals surface area contributed by atoms with Gasteiger partial charge in [-0.05, 0) is 44.2 Å². The molecule has 0 bridgehead atoms. The molecule has 0 aliphatic carbocycles. The van der Waals surface area contributed by atoms with Crippen molar-refractivity contribution in [1.29, 1.82) is 0 Å². The second-order valence-electron chi connectivity index (χ2n) is 6.98. The van der Waals surface area contributed by atoms with Gasteiger partial charge in [-0.15, -0.1) is 0 Å². The highest BCUT2D eigenvalue weighted by molar-refractivity contribution is 7.98. The molecule has 1 fully saturated rings. The quantitative estimate of drug-likeness (QED) is 0.638. The van der Waals surface area contributed by atoms with Gasteiger partial charge in [0, 0.05) is 31.3 Å². The Morgan fingerprint density at radius 3 is 2.69 bits per heavy atom. The molecule has 1 aromatic carbocycles. The van der Waals surface area contributed by atoms with E-state index in [1.165, 1.54) is 21.9 Å². The van der Waals surface area contributed by atoms with Crippen molar-refractivity contribution >= 4 is 49.2 Å². The van der Waals surface area contributed by atoms with Crippen molar-refractivity contribution in [3.8, 4) is 5.75 Å². The third kappa shape index (κ3) is 5.42. The molecule has 0 spiro atoms. The van der Waals surface area contributed by atoms with E-state index in [1.54, 1.807) is 11.8 Å². The van der Waals surface area contributed by atoms with Crippen LogP contribution < -0.4 is 9.54 Å². The van der Waals surface area contributed by atoms with Crippen LogP contribution in [0.15, 0.2) is 23.2 Å². The number of piperidine rings is 1. The summed E-state index contributed by atoms with van der Waals surface area (Å²) in [6.07, 6.45) is 4.29. The number of carbonyl (C=O) groups is 1. The third-order valence-electron chi connectivity index (χ3n) is 4.96. The van der Waals surface area contributed by atoms with Crippen molar-refractivity contribution in [3.05, 3.63) is 23.0 Å². The Hall–Kier alpha value is -1.36. The van der Waals surface area contributed by atoms with Crippen LogP contribution >= 0.6 is 23.1 Å². The second kappa shape index (κ2) is 9.63. The average Bonchev–Trinajstić information content (AvgIpc) is 3.02. The molecule has 0 saturated carbocycles. The number of aromatic nitrogens is 1. The number of ether oxygens (including phenoxy) is 1. The summed E-state index contributed by atoms with van der Waals surface area (Å²) < 4.78 is 33.5. The predicted octanol–water partition coefficient (Wildman–Crippen LogP) is 2.56. The zero-order chi connectivity index (χ0) is 21.0. The Labute approximate surface area is 179 Å². The molecule has 29 heavy (non-hydrogen) atoms. The molecule has 1 aromatic heterocycles. The van der Waals surface area contributed by atoms with Gasteiger partial charge in [0.25, 0.3) is 5.91 Å². The molecule has 1 aliphatic heterocycles. The minimum absolute atomic E-state index is 0.160. The molecule has 7 nitrogen and oxygen atoms in total. The first kappa shape index (κ1) is 22.3. The van der Waals surface area contributed by atoms with Gasteiger partial charge < -0.3 is 9.30 Å². The van der Waals surface area contributed by atoms with Crippen molar-refractivity contribution in [2.24, 2.45) is 10.9 Å². The zero-order valence-electron chi connectivity index (χ0n) is 17.0. The maximum Gasteiger partial charge on any atom is 0.251 e. The van der Waals surface area contributed by atoms with Gasteiger partial charge in [-0.25, -0.2) is 12.7 Å². The Bertz CT molecular complexity index is 1030. The van der Waals surface area contributed by atoms with Crippen molar-refractivity contribution < 1.29 is 17.9 Å². The van der Waals surface area contributed by atoms with E-state index >= 15 is 0 Å². The first-order valence-corrected chi connectivity index (χ1v) is 13.7. The van der Waals surface area contributed by atoms with Crippen LogP contribution in [0.2, 0.25) is 0 Å². The normalized spacial score (nSPS) is 17.1. The number of rotatable bonds is 7. The van der Waals surface area contributed by atoms with Crippen LogP contribution in [0.1, 0.15) is 19.8 Å². The number of aryl methyl sites for hydroxylation is 1. The minimum Gasteiger partial charge on any atom is -0.494 e. The number of amides is 1. The smallest absolute Gasteiger partial charge is 0.251 e. The lowest BCUT2D eigenvalue weighted by Gasteiger charge is -2.28. The van der Waals surface area contributed by atoms with E-state index < -0.39 is 10.0 Å². The van der Waals surface area contributed by atoms with Crippen LogP contribution in [-0.4, -0.2) is 61.2 Å². The van der Waals surface area contributed by atoms with E-state index in [1.807, 2.05) is 25.1 Å². The molecule has 1 saturated heterocycles. The Morgan fingerprint density at radius 1 is 1.34 bits per heavy atom. The van der Waals surface area contributed by atoms with Gasteiger partial charge in [0.05, 0.1) is 23.1 Å². The standard InChI is InChI=1S/C19H27N3O4S3/c1-4-26-15-5-6-16-17(13-15)28-19(22(16)11-12-27-2)20-18(23)14-7-9-21(10-8-14)29(3,24)25/h5-6,13-14H,4,7-12H2,1-3H3. The number of sulfonamides is 1. The number of thiazole rings is 1. The molecule has 1 aliphatic rings. The van der Waals surface area contributed by atoms with Crippen LogP contribution in [0, 0.1) is 5.92 Å². The molecule has 3 rings (SSSR count). The van der Waals surface area contributed by atoms with E-state index in [0.29, 0.717) is 37.3 Å². The largest absolute Gasteiger partial charge is 0.494 e. The van der Waals surface area contributed by atoms with Gasteiger partial charge in [-0.1, -0.05) is 11.3 Å². The first-order chi connectivity index (χ1) is 13.8. The third-order valence-corrected chi connectivity index (χ3v) is 7.90. The number of nitrogens with zero attached hydrogens (tertiary/aromatic N) is 3. The molecule has 0 atom stereocenters. The molecule has 0 N–H and O–H groups in total. The second-order valence-corrected chi connectivity index (χ2v) is 11.0. The monoisotopic (exact) mass is 457 g/mol. The molecule has 160 valence electrons. The Balaban J connectivity index is 1.88. The van der Waals surface area contributed by atoms with E-state index in [4.69, 9.17) is 4.74 Å². The molecule has 10 heteroatoms. The van der Waals surface area contributed by atoms with Crippen LogP contribution in [-0.2, 0) is 21.4 Å². The summed E-state index contributed by atoms with van der Waals surface area (Å²) in [5.74, 6) is 1.34. The summed E-state index contributed by atoms with van der Waals surface area (Å²) in [6.45, 7) is 4.08. The average molecular weight is 458 g/mol. The highest BCUT2D eigenvalue weighted by atomic mass is 32.2. The van der Waals surface area contributed by atoms with Crippen molar-refractivity contribution in [2.45, 2.75) is 26.3 Å². The van der Waals surface area contributed by atoms with Gasteiger partial charge in [0.1, 0.15) is 5.75 Å². The van der Waals surface area contributed by atoms with Gasteiger partial charge in [-0.2, -0.15) is 16.8 Å². The van der Waals surface area contributed by atoms with E-state index in [0.717, 1.165) is 28.3 Å². The van der Waals surface area contributed by atoms with Gasteiger partial charge in [0.15, 0.2) is 4.80 Å². The summed E-state index contributed by atoms with van der Waals surface area (Å²) in [4.78, 5) is 18.0. The molecular weight excluding hydrogens is 430 g/mol. The molecule has 0 unspecified atom stereocenters. The number of hydrogen-bond donors (Lipinski definition) is 0. The van der Waals surface area contributed by atoms with E-state index in [9.17, 15) is 13.2 Å². The van der Waals surface area contributed by atoms with Crippen molar-refractivity contribution in [3.63, 3.8) is 0 Å². The van der Waals surface area contributed by atoms with E-state index in [-0.39, 0.29) is 11.8 Å². The molecule has 2 heterocycles. The first-order valence-electron chi connectivity index (χ1n) is 9.62. The zero-order valence-corrected chi connectivity index (χ0v) is 19.4. The summed E-state index contributed by atoms with van der Waals surface area (Å²) in [5.41, 5.74) is 1.05. The van der Waals surface area contributed by atoms with Crippen LogP contribution in [0.4, 0.5) is 0 Å². The number of thioether (sulfide) groups is 1. The fourth-order valence-electron chi connectivity index (χ4n) is 3.41. The van der Waals surface area contributed by atoms with Crippen LogP contribution in [0.25, 0.3) is 10.2 Å². The van der Waals surface area contributed by atoms with Gasteiger partial charge >= 0.3 is 0 Å². The number of carbonyl (C=O) groups excluding carboxylic acids is 1. The van der Waals surface area contributed by atoms with Crippen molar-refractivity contribution in [1.82, 2.24) is 8.87 Å². The lowest BCUT2D eigenvalue weighted by molar-refractivity contribution is -0.122. The van der Waals surface area contributed by atoms with E-state index in [2.05, 4.69) is 15.8 Å². The summed E-state index contributed by atoms with van der Waals surface area (Å²) in [6, 6.07) is 5.96. The predicted molar refractivity (Wildman–Crippen MR) is 119 cm³/mol. The molecule has 1 amide bonds. The molecular formula is C19H27N3O4S3. The van der Waals surface area contributed by atoms with Crippen molar-refractivity contribution in [2.75, 3.05) is 38.0 Å². The minimum atomic E-state index is -3.20. The number of fused-ring (bicyclic) bond motifs is 1. The number of hydrogen-bond acceptors (Lipinski definition) is 6. The maximum absolute atomic E-state index is 12.8. The lowest BCUT2D eigenvalue weighted by Crippen LogP contribution is -2.39. The molecule has 0 radical (unpaired) electrons. The molecule has 2 aromatic rings. The van der Waals surface area contributed by atoms with Crippen LogP contribution in [0.5, 0.6) is 5.75 Å². The Morgan fingerprint density at radius 2 is 2.07 bits per heavy atom. The topological polar surface area (TPSA) is 81.0 Å². The summed E-state index contributed by atoms with van der Waals surface area (Å²) >= 11 is 3.24.